The van der Waals surface area contributed by atoms with Gasteiger partial charge in [0.15, 0.2) is 6.61 Å². The molecule has 15 heavy (non-hydrogen) atoms. The molecule has 0 bridgehead atoms. The maximum Gasteiger partial charge on any atom is 0.255 e. The number of rotatable bonds is 5. The van der Waals surface area contributed by atoms with Crippen molar-refractivity contribution in [3.63, 3.8) is 0 Å². The highest BCUT2D eigenvalue weighted by atomic mass is 16.5. The summed E-state index contributed by atoms with van der Waals surface area (Å²) in [5.74, 6) is 0.775. The molecule has 0 spiro atoms. The molecule has 0 aliphatic heterocycles. The number of amides is 1. The van der Waals surface area contributed by atoms with E-state index < -0.39 is 5.91 Å². The predicted molar refractivity (Wildman–Crippen MR) is 59.8 cm³/mol. The molecule has 3 heteroatoms. The van der Waals surface area contributed by atoms with Crippen LogP contribution >= 0.6 is 0 Å². The maximum absolute atomic E-state index is 10.5. The van der Waals surface area contributed by atoms with Crippen LogP contribution in [0.4, 0.5) is 0 Å². The van der Waals surface area contributed by atoms with Crippen LogP contribution in [-0.2, 0) is 4.79 Å². The van der Waals surface area contributed by atoms with Gasteiger partial charge in [0.25, 0.3) is 5.91 Å². The molecule has 82 valence electrons. The normalized spacial score (nSPS) is 12.1. The molecule has 0 fully saturated rings. The van der Waals surface area contributed by atoms with Gasteiger partial charge in [-0.1, -0.05) is 26.0 Å². The molecule has 3 nitrogen and oxygen atoms in total. The SMILES string of the molecule is CCC(C)c1ccc(OCC(N)=O)cc1. The van der Waals surface area contributed by atoms with Crippen molar-refractivity contribution in [2.24, 2.45) is 5.73 Å². The van der Waals surface area contributed by atoms with Crippen LogP contribution in [0.2, 0.25) is 0 Å². The zero-order valence-electron chi connectivity index (χ0n) is 9.19. The first-order valence-electron chi connectivity index (χ1n) is 5.14. The molecule has 1 amide bonds. The Labute approximate surface area is 90.2 Å². The Kier molecular flexibility index (Phi) is 4.16. The predicted octanol–water partition coefficient (Wildman–Crippen LogP) is 2.06. The van der Waals surface area contributed by atoms with Gasteiger partial charge < -0.3 is 10.5 Å². The lowest BCUT2D eigenvalue weighted by Gasteiger charge is -2.09. The van der Waals surface area contributed by atoms with Gasteiger partial charge >= 0.3 is 0 Å². The van der Waals surface area contributed by atoms with E-state index in [4.69, 9.17) is 10.5 Å². The third-order valence-corrected chi connectivity index (χ3v) is 2.44. The summed E-state index contributed by atoms with van der Waals surface area (Å²) in [5.41, 5.74) is 6.26. The quantitative estimate of drug-likeness (QED) is 0.803. The van der Waals surface area contributed by atoms with Crippen LogP contribution in [0.3, 0.4) is 0 Å². The largest absolute Gasteiger partial charge is 0.484 e. The van der Waals surface area contributed by atoms with Crippen molar-refractivity contribution in [3.8, 4) is 5.75 Å². The molecule has 0 aliphatic rings. The second-order valence-electron chi connectivity index (χ2n) is 3.63. The van der Waals surface area contributed by atoms with Crippen LogP contribution in [0.1, 0.15) is 31.7 Å². The Balaban J connectivity index is 2.60. The molecule has 0 saturated carbocycles. The van der Waals surface area contributed by atoms with Crippen molar-refractivity contribution in [3.05, 3.63) is 29.8 Å². The summed E-state index contributed by atoms with van der Waals surface area (Å²) in [4.78, 5) is 10.5. The number of ether oxygens (including phenoxy) is 1. The van der Waals surface area contributed by atoms with Crippen LogP contribution in [-0.4, -0.2) is 12.5 Å². The molecule has 1 aromatic rings. The van der Waals surface area contributed by atoms with E-state index in [0.29, 0.717) is 11.7 Å². The summed E-state index contributed by atoms with van der Waals surface area (Å²) >= 11 is 0. The van der Waals surface area contributed by atoms with Crippen molar-refractivity contribution in [2.45, 2.75) is 26.2 Å². The van der Waals surface area contributed by atoms with E-state index in [1.54, 1.807) is 0 Å². The summed E-state index contributed by atoms with van der Waals surface area (Å²) in [7, 11) is 0. The minimum absolute atomic E-state index is 0.0668. The lowest BCUT2D eigenvalue weighted by atomic mass is 9.99. The van der Waals surface area contributed by atoms with Crippen molar-refractivity contribution in [1.29, 1.82) is 0 Å². The van der Waals surface area contributed by atoms with Crippen LogP contribution in [0.15, 0.2) is 24.3 Å². The molecule has 0 heterocycles. The average molecular weight is 207 g/mol. The molecular weight excluding hydrogens is 190 g/mol. The van der Waals surface area contributed by atoms with Crippen LogP contribution in [0, 0.1) is 0 Å². The monoisotopic (exact) mass is 207 g/mol. The van der Waals surface area contributed by atoms with E-state index in [1.165, 1.54) is 5.56 Å². The zero-order chi connectivity index (χ0) is 11.3. The van der Waals surface area contributed by atoms with Gasteiger partial charge in [-0.15, -0.1) is 0 Å². The lowest BCUT2D eigenvalue weighted by Crippen LogP contribution is -2.19. The Morgan fingerprint density at radius 1 is 1.40 bits per heavy atom. The second-order valence-corrected chi connectivity index (χ2v) is 3.63. The standard InChI is InChI=1S/C12H17NO2/c1-3-9(2)10-4-6-11(7-5-10)15-8-12(13)14/h4-7,9H,3,8H2,1-2H3,(H2,13,14). The zero-order valence-corrected chi connectivity index (χ0v) is 9.19. The lowest BCUT2D eigenvalue weighted by molar-refractivity contribution is -0.119. The third kappa shape index (κ3) is 3.62. The van der Waals surface area contributed by atoms with Gasteiger partial charge in [0, 0.05) is 0 Å². The van der Waals surface area contributed by atoms with Crippen molar-refractivity contribution < 1.29 is 9.53 Å². The number of primary amides is 1. The molecule has 1 rings (SSSR count). The number of carbonyl (C=O) groups is 1. The fourth-order valence-corrected chi connectivity index (χ4v) is 1.28. The van der Waals surface area contributed by atoms with E-state index in [-0.39, 0.29) is 6.61 Å². The first kappa shape index (κ1) is 11.6. The molecule has 0 saturated heterocycles. The van der Waals surface area contributed by atoms with E-state index in [9.17, 15) is 4.79 Å². The minimum atomic E-state index is -0.457. The summed E-state index contributed by atoms with van der Waals surface area (Å²) in [6.07, 6.45) is 1.11. The maximum atomic E-state index is 10.5. The highest BCUT2D eigenvalue weighted by Gasteiger charge is 2.03. The molecule has 1 atom stereocenters. The van der Waals surface area contributed by atoms with Crippen molar-refractivity contribution in [1.82, 2.24) is 0 Å². The van der Waals surface area contributed by atoms with Gasteiger partial charge in [-0.25, -0.2) is 0 Å². The second kappa shape index (κ2) is 5.39. The topological polar surface area (TPSA) is 52.3 Å². The Morgan fingerprint density at radius 3 is 2.47 bits per heavy atom. The number of hydrogen-bond donors (Lipinski definition) is 1. The van der Waals surface area contributed by atoms with Crippen molar-refractivity contribution >= 4 is 5.91 Å². The first-order chi connectivity index (χ1) is 7.13. The van der Waals surface area contributed by atoms with Gasteiger partial charge in [0.2, 0.25) is 0 Å². The molecule has 1 unspecified atom stereocenters. The molecule has 0 aliphatic carbocycles. The van der Waals surface area contributed by atoms with E-state index >= 15 is 0 Å². The Morgan fingerprint density at radius 2 is 2.00 bits per heavy atom. The van der Waals surface area contributed by atoms with E-state index in [0.717, 1.165) is 6.42 Å². The highest BCUT2D eigenvalue weighted by molar-refractivity contribution is 5.75. The summed E-state index contributed by atoms with van der Waals surface area (Å²) in [6.45, 7) is 4.27. The van der Waals surface area contributed by atoms with Crippen LogP contribution in [0.25, 0.3) is 0 Å². The third-order valence-electron chi connectivity index (χ3n) is 2.44. The minimum Gasteiger partial charge on any atom is -0.484 e. The summed E-state index contributed by atoms with van der Waals surface area (Å²) < 4.78 is 5.16. The van der Waals surface area contributed by atoms with E-state index in [1.807, 2.05) is 24.3 Å². The molecule has 0 radical (unpaired) electrons. The van der Waals surface area contributed by atoms with Gasteiger partial charge in [0.05, 0.1) is 0 Å². The van der Waals surface area contributed by atoms with Gasteiger partial charge in [0.1, 0.15) is 5.75 Å². The Bertz CT molecular complexity index is 319. The van der Waals surface area contributed by atoms with Gasteiger partial charge in [-0.2, -0.15) is 0 Å². The van der Waals surface area contributed by atoms with E-state index in [2.05, 4.69) is 13.8 Å². The number of carbonyl (C=O) groups excluding carboxylic acids is 1. The fourth-order valence-electron chi connectivity index (χ4n) is 1.28. The number of hydrogen-bond acceptors (Lipinski definition) is 2. The van der Waals surface area contributed by atoms with Gasteiger partial charge in [-0.3, -0.25) is 4.79 Å². The first-order valence-corrected chi connectivity index (χ1v) is 5.14. The summed E-state index contributed by atoms with van der Waals surface area (Å²) in [6, 6.07) is 7.77. The van der Waals surface area contributed by atoms with Crippen molar-refractivity contribution in [2.75, 3.05) is 6.61 Å². The molecule has 0 aromatic heterocycles. The summed E-state index contributed by atoms with van der Waals surface area (Å²) in [5, 5.41) is 0. The Hall–Kier alpha value is -1.51. The fraction of sp³-hybridized carbons (Fsp3) is 0.417. The average Bonchev–Trinajstić information content (AvgIpc) is 2.26. The number of nitrogens with two attached hydrogens (primary N) is 1. The molecule has 2 N–H and O–H groups in total. The van der Waals surface area contributed by atoms with Crippen LogP contribution in [0.5, 0.6) is 5.75 Å². The van der Waals surface area contributed by atoms with Crippen LogP contribution < -0.4 is 10.5 Å². The molecule has 1 aromatic carbocycles. The number of benzene rings is 1. The van der Waals surface area contributed by atoms with Gasteiger partial charge in [-0.05, 0) is 30.0 Å². The molecular formula is C12H17NO2. The smallest absolute Gasteiger partial charge is 0.255 e. The highest BCUT2D eigenvalue weighted by Crippen LogP contribution is 2.21.